The number of carbonyl (C=O) groups excluding carboxylic acids is 1. The highest BCUT2D eigenvalue weighted by Crippen LogP contribution is 2.39. The number of nitrogens with zero attached hydrogens (tertiary/aromatic N) is 7. The average molecular weight is 444 g/mol. The van der Waals surface area contributed by atoms with Gasteiger partial charge in [0.1, 0.15) is 23.5 Å². The second-order valence-corrected chi connectivity index (χ2v) is 8.11. The van der Waals surface area contributed by atoms with Gasteiger partial charge in [-0.25, -0.2) is 15.0 Å². The van der Waals surface area contributed by atoms with Gasteiger partial charge in [-0.15, -0.1) is 10.2 Å². The van der Waals surface area contributed by atoms with E-state index in [0.717, 1.165) is 11.4 Å². The Morgan fingerprint density at radius 3 is 2.94 bits per heavy atom. The number of ether oxygens (including phenoxy) is 1. The van der Waals surface area contributed by atoms with Crippen LogP contribution in [0.3, 0.4) is 0 Å². The molecule has 1 fully saturated rings. The van der Waals surface area contributed by atoms with E-state index in [9.17, 15) is 4.79 Å². The molecule has 1 saturated carbocycles. The number of aromatic nitrogens is 7. The van der Waals surface area contributed by atoms with Gasteiger partial charge in [0, 0.05) is 31.5 Å². The quantitative estimate of drug-likeness (QED) is 0.444. The summed E-state index contributed by atoms with van der Waals surface area (Å²) in [6, 6.07) is 8.93. The molecule has 0 bridgehead atoms. The molecule has 1 N–H and O–H groups in total. The van der Waals surface area contributed by atoms with E-state index in [1.807, 2.05) is 34.4 Å². The van der Waals surface area contributed by atoms with Crippen molar-refractivity contribution < 1.29 is 9.53 Å². The summed E-state index contributed by atoms with van der Waals surface area (Å²) in [6.45, 7) is 2.51. The molecular weight excluding hydrogens is 420 g/mol. The van der Waals surface area contributed by atoms with Crippen molar-refractivity contribution in [1.29, 1.82) is 0 Å². The van der Waals surface area contributed by atoms with Gasteiger partial charge in [0.25, 0.3) is 5.91 Å². The number of amides is 1. The molecule has 4 aromatic heterocycles. The minimum Gasteiger partial charge on any atom is -0.383 e. The van der Waals surface area contributed by atoms with E-state index in [1.165, 1.54) is 12.8 Å². The standard InChI is InChI=1S/C23H24N8O2/c1-15(12-33-2)31-14-26-29-22(31)18-4-3-5-19(27-18)23(32)28-21-10-17(8-9-24-21)30-11-20(25-13-30)16-6-7-16/h3-5,8-11,13-16H,6-7,12H2,1-2H3,(H,24,28,32). The van der Waals surface area contributed by atoms with Crippen molar-refractivity contribution in [1.82, 2.24) is 34.3 Å². The van der Waals surface area contributed by atoms with E-state index in [-0.39, 0.29) is 17.6 Å². The van der Waals surface area contributed by atoms with Crippen LogP contribution in [0.1, 0.15) is 47.9 Å². The van der Waals surface area contributed by atoms with Gasteiger partial charge in [-0.3, -0.25) is 4.79 Å². The molecule has 1 amide bonds. The second-order valence-electron chi connectivity index (χ2n) is 8.11. The molecule has 0 radical (unpaired) electrons. The molecule has 10 heteroatoms. The lowest BCUT2D eigenvalue weighted by molar-refractivity contribution is 0.102. The highest BCUT2D eigenvalue weighted by molar-refractivity contribution is 6.02. The fourth-order valence-corrected chi connectivity index (χ4v) is 3.65. The first kappa shape index (κ1) is 21.0. The zero-order valence-electron chi connectivity index (χ0n) is 18.4. The lowest BCUT2D eigenvalue weighted by Crippen LogP contribution is -2.16. The maximum Gasteiger partial charge on any atom is 0.275 e. The van der Waals surface area contributed by atoms with Gasteiger partial charge in [-0.1, -0.05) is 6.07 Å². The number of imidazole rings is 1. The van der Waals surface area contributed by atoms with Gasteiger partial charge in [0.2, 0.25) is 0 Å². The number of rotatable bonds is 8. The SMILES string of the molecule is COCC(C)n1cnnc1-c1cccc(C(=O)Nc2cc(-n3cnc(C4CC4)c3)ccn2)n1. The summed E-state index contributed by atoms with van der Waals surface area (Å²) in [7, 11) is 1.64. The second kappa shape index (κ2) is 8.91. The lowest BCUT2D eigenvalue weighted by atomic mass is 10.2. The van der Waals surface area contributed by atoms with Crippen LogP contribution in [0.15, 0.2) is 55.4 Å². The number of hydrogen-bond donors (Lipinski definition) is 1. The summed E-state index contributed by atoms with van der Waals surface area (Å²) < 4.78 is 9.05. The molecule has 168 valence electrons. The number of methoxy groups -OCH3 is 1. The molecule has 5 rings (SSSR count). The number of hydrogen-bond acceptors (Lipinski definition) is 7. The van der Waals surface area contributed by atoms with E-state index < -0.39 is 0 Å². The predicted molar refractivity (Wildman–Crippen MR) is 121 cm³/mol. The van der Waals surface area contributed by atoms with Crippen LogP contribution in [0.25, 0.3) is 17.2 Å². The van der Waals surface area contributed by atoms with Gasteiger partial charge in [-0.05, 0) is 38.0 Å². The minimum atomic E-state index is -0.359. The first-order chi connectivity index (χ1) is 16.1. The molecule has 4 heterocycles. The minimum absolute atomic E-state index is 0.0230. The Morgan fingerprint density at radius 1 is 1.24 bits per heavy atom. The monoisotopic (exact) mass is 444 g/mol. The predicted octanol–water partition coefficient (Wildman–Crippen LogP) is 3.26. The van der Waals surface area contributed by atoms with Crippen LogP contribution in [-0.2, 0) is 4.74 Å². The lowest BCUT2D eigenvalue weighted by Gasteiger charge is -2.14. The van der Waals surface area contributed by atoms with E-state index >= 15 is 0 Å². The van der Waals surface area contributed by atoms with Gasteiger partial charge >= 0.3 is 0 Å². The number of nitrogens with one attached hydrogen (secondary N) is 1. The summed E-state index contributed by atoms with van der Waals surface area (Å²) in [6.07, 6.45) is 9.51. The van der Waals surface area contributed by atoms with Crippen LogP contribution < -0.4 is 5.32 Å². The molecule has 33 heavy (non-hydrogen) atoms. The average Bonchev–Trinajstić information content (AvgIpc) is 3.35. The van der Waals surface area contributed by atoms with Gasteiger partial charge < -0.3 is 19.2 Å². The molecule has 4 aromatic rings. The maximum atomic E-state index is 12.9. The Hall–Kier alpha value is -3.92. The zero-order chi connectivity index (χ0) is 22.8. The first-order valence-electron chi connectivity index (χ1n) is 10.8. The Kier molecular flexibility index (Phi) is 5.66. The molecule has 0 aliphatic heterocycles. The van der Waals surface area contributed by atoms with Gasteiger partial charge in [-0.2, -0.15) is 0 Å². The van der Waals surface area contributed by atoms with Crippen molar-refractivity contribution >= 4 is 11.7 Å². The molecule has 0 aromatic carbocycles. The third kappa shape index (κ3) is 4.51. The smallest absolute Gasteiger partial charge is 0.275 e. The van der Waals surface area contributed by atoms with E-state index in [2.05, 4.69) is 30.5 Å². The number of anilines is 1. The van der Waals surface area contributed by atoms with Crippen LogP contribution in [0.5, 0.6) is 0 Å². The molecule has 10 nitrogen and oxygen atoms in total. The van der Waals surface area contributed by atoms with Crippen molar-refractivity contribution in [3.05, 3.63) is 66.8 Å². The maximum absolute atomic E-state index is 12.9. The van der Waals surface area contributed by atoms with Crippen LogP contribution in [-0.4, -0.2) is 53.9 Å². The van der Waals surface area contributed by atoms with Gasteiger partial charge in [0.05, 0.1) is 30.4 Å². The summed E-state index contributed by atoms with van der Waals surface area (Å²) in [5, 5.41) is 11.0. The van der Waals surface area contributed by atoms with E-state index in [0.29, 0.717) is 29.9 Å². The summed E-state index contributed by atoms with van der Waals surface area (Å²) >= 11 is 0. The van der Waals surface area contributed by atoms with Crippen molar-refractivity contribution in [3.8, 4) is 17.2 Å². The Labute approximate surface area is 190 Å². The molecule has 1 aliphatic carbocycles. The molecule has 0 saturated heterocycles. The fourth-order valence-electron chi connectivity index (χ4n) is 3.65. The summed E-state index contributed by atoms with van der Waals surface area (Å²) in [5.74, 6) is 1.22. The zero-order valence-corrected chi connectivity index (χ0v) is 18.4. The Morgan fingerprint density at radius 2 is 2.12 bits per heavy atom. The molecule has 1 aliphatic rings. The topological polar surface area (TPSA) is 113 Å². The van der Waals surface area contributed by atoms with E-state index in [1.54, 1.807) is 44.2 Å². The van der Waals surface area contributed by atoms with Crippen molar-refractivity contribution in [2.75, 3.05) is 19.0 Å². The van der Waals surface area contributed by atoms with Crippen LogP contribution in [0.2, 0.25) is 0 Å². The van der Waals surface area contributed by atoms with Crippen LogP contribution in [0.4, 0.5) is 5.82 Å². The number of pyridine rings is 2. The normalized spacial score (nSPS) is 14.2. The molecule has 0 spiro atoms. The largest absolute Gasteiger partial charge is 0.383 e. The molecular formula is C23H24N8O2. The van der Waals surface area contributed by atoms with Crippen molar-refractivity contribution in [2.24, 2.45) is 0 Å². The summed E-state index contributed by atoms with van der Waals surface area (Å²) in [5.41, 5.74) is 2.79. The highest BCUT2D eigenvalue weighted by atomic mass is 16.5. The highest BCUT2D eigenvalue weighted by Gasteiger charge is 2.25. The Bertz CT molecular complexity index is 1280. The molecule has 1 unspecified atom stereocenters. The van der Waals surface area contributed by atoms with Crippen molar-refractivity contribution in [2.45, 2.75) is 31.7 Å². The molecule has 1 atom stereocenters. The fraction of sp³-hybridized carbons (Fsp3) is 0.304. The van der Waals surface area contributed by atoms with Gasteiger partial charge in [0.15, 0.2) is 5.82 Å². The summed E-state index contributed by atoms with van der Waals surface area (Å²) in [4.78, 5) is 26.2. The third-order valence-electron chi connectivity index (χ3n) is 5.55. The van der Waals surface area contributed by atoms with Crippen molar-refractivity contribution in [3.63, 3.8) is 0 Å². The number of carbonyl (C=O) groups is 1. The Balaban J connectivity index is 1.34. The van der Waals surface area contributed by atoms with Crippen LogP contribution in [0, 0.1) is 0 Å². The first-order valence-corrected chi connectivity index (χ1v) is 10.8. The van der Waals surface area contributed by atoms with E-state index in [4.69, 9.17) is 4.74 Å². The van der Waals surface area contributed by atoms with Crippen LogP contribution >= 0.6 is 0 Å². The third-order valence-corrected chi connectivity index (χ3v) is 5.55.